The van der Waals surface area contributed by atoms with Gasteiger partial charge in [-0.05, 0) is 31.6 Å². The van der Waals surface area contributed by atoms with Crippen LogP contribution in [0.25, 0.3) is 0 Å². The van der Waals surface area contributed by atoms with Gasteiger partial charge in [0.25, 0.3) is 0 Å². The van der Waals surface area contributed by atoms with E-state index in [9.17, 15) is 26.3 Å². The van der Waals surface area contributed by atoms with Gasteiger partial charge in [0.2, 0.25) is 0 Å². The van der Waals surface area contributed by atoms with E-state index in [1.807, 2.05) is 0 Å². The highest BCUT2D eigenvalue weighted by Gasteiger charge is 2.33. The van der Waals surface area contributed by atoms with Crippen LogP contribution >= 0.6 is 0 Å². The minimum atomic E-state index is -5.04. The van der Waals surface area contributed by atoms with E-state index in [1.54, 1.807) is 19.9 Å². The molecule has 0 aromatic heterocycles. The fraction of sp³-hybridized carbons (Fsp3) is 0.286. The van der Waals surface area contributed by atoms with Gasteiger partial charge in [0.15, 0.2) is 0 Å². The molecule has 0 radical (unpaired) electrons. The zero-order valence-electron chi connectivity index (χ0n) is 11.4. The fourth-order valence-corrected chi connectivity index (χ4v) is 1.27. The Balaban J connectivity index is 3.22. The molecule has 0 saturated carbocycles. The summed E-state index contributed by atoms with van der Waals surface area (Å²) in [5.41, 5.74) is 0.489. The normalized spacial score (nSPS) is 12.5. The number of hydrogen-bond donors (Lipinski definition) is 0. The molecule has 0 spiro atoms. The summed E-state index contributed by atoms with van der Waals surface area (Å²) in [5.74, 6) is 3.30. The molecule has 120 valence electrons. The summed E-state index contributed by atoms with van der Waals surface area (Å²) in [6, 6.07) is 2.22. The van der Waals surface area contributed by atoms with Crippen molar-refractivity contribution in [3.05, 3.63) is 35.4 Å². The maximum atomic E-state index is 12.2. The molecule has 1 aromatic carbocycles. The van der Waals surface area contributed by atoms with Gasteiger partial charge in [-0.2, -0.15) is 0 Å². The van der Waals surface area contributed by atoms with Gasteiger partial charge in [-0.3, -0.25) is 0 Å². The third-order valence-corrected chi connectivity index (χ3v) is 2.18. The Kier molecular flexibility index (Phi) is 5.36. The number of rotatable bonds is 2. The Bertz CT molecular complexity index is 583. The van der Waals surface area contributed by atoms with E-state index in [-0.39, 0.29) is 5.56 Å². The van der Waals surface area contributed by atoms with E-state index in [4.69, 9.17) is 0 Å². The molecule has 0 fully saturated rings. The van der Waals surface area contributed by atoms with Crippen molar-refractivity contribution in [2.75, 3.05) is 0 Å². The molecule has 8 heteroatoms. The van der Waals surface area contributed by atoms with E-state index in [0.717, 1.165) is 12.1 Å². The van der Waals surface area contributed by atoms with E-state index in [1.165, 1.54) is 0 Å². The van der Waals surface area contributed by atoms with Crippen LogP contribution in [0.3, 0.4) is 0 Å². The Hall–Kier alpha value is -2.30. The quantitative estimate of drug-likeness (QED) is 0.574. The lowest BCUT2D eigenvalue weighted by Gasteiger charge is -2.13. The monoisotopic (exact) mass is 324 g/mol. The summed E-state index contributed by atoms with van der Waals surface area (Å²) in [6.07, 6.45) is -8.45. The van der Waals surface area contributed by atoms with E-state index in [0.29, 0.717) is 11.6 Å². The first-order chi connectivity index (χ1) is 9.98. The summed E-state index contributed by atoms with van der Waals surface area (Å²) in [4.78, 5) is 0. The maximum Gasteiger partial charge on any atom is 0.573 e. The molecule has 0 N–H and O–H groups in total. The van der Waals surface area contributed by atoms with Crippen LogP contribution in [-0.2, 0) is 0 Å². The highest BCUT2D eigenvalue weighted by Crippen LogP contribution is 2.31. The lowest BCUT2D eigenvalue weighted by Crippen LogP contribution is -2.19. The summed E-state index contributed by atoms with van der Waals surface area (Å²) in [7, 11) is 0. The zero-order valence-corrected chi connectivity index (χ0v) is 11.4. The average Bonchev–Trinajstić information content (AvgIpc) is 2.31. The minimum absolute atomic E-state index is 0.109. The van der Waals surface area contributed by atoms with Crippen LogP contribution < -0.4 is 9.47 Å². The van der Waals surface area contributed by atoms with Crippen LogP contribution in [0.2, 0.25) is 0 Å². The van der Waals surface area contributed by atoms with Crippen molar-refractivity contribution < 1.29 is 35.8 Å². The van der Waals surface area contributed by atoms with E-state index in [2.05, 4.69) is 21.3 Å². The smallest absolute Gasteiger partial charge is 0.406 e. The molecule has 0 amide bonds. The first-order valence-corrected chi connectivity index (χ1v) is 5.80. The highest BCUT2D eigenvalue weighted by molar-refractivity contribution is 5.48. The second-order valence-corrected chi connectivity index (χ2v) is 4.01. The van der Waals surface area contributed by atoms with Crippen molar-refractivity contribution in [3.8, 4) is 23.3 Å². The molecule has 0 atom stereocenters. The third-order valence-electron chi connectivity index (χ3n) is 2.18. The van der Waals surface area contributed by atoms with Crippen molar-refractivity contribution in [1.82, 2.24) is 0 Å². The third kappa shape index (κ3) is 6.92. The predicted molar refractivity (Wildman–Crippen MR) is 66.1 cm³/mol. The van der Waals surface area contributed by atoms with Crippen LogP contribution in [0, 0.1) is 11.8 Å². The molecule has 0 aliphatic rings. The van der Waals surface area contributed by atoms with E-state index < -0.39 is 24.2 Å². The maximum absolute atomic E-state index is 12.2. The van der Waals surface area contributed by atoms with Crippen LogP contribution in [-0.4, -0.2) is 12.7 Å². The topological polar surface area (TPSA) is 18.5 Å². The van der Waals surface area contributed by atoms with Crippen molar-refractivity contribution >= 4 is 0 Å². The molecule has 1 aromatic rings. The van der Waals surface area contributed by atoms with Crippen molar-refractivity contribution in [2.24, 2.45) is 0 Å². The molecule has 0 aliphatic carbocycles. The average molecular weight is 324 g/mol. The second kappa shape index (κ2) is 6.64. The summed E-state index contributed by atoms with van der Waals surface area (Å²) >= 11 is 0. The molecule has 2 nitrogen and oxygen atoms in total. The Labute approximate surface area is 122 Å². The number of alkyl halides is 6. The van der Waals surface area contributed by atoms with Gasteiger partial charge in [0.05, 0.1) is 0 Å². The molecule has 0 bridgehead atoms. The number of allylic oxidation sites excluding steroid dienone is 2. The van der Waals surface area contributed by atoms with Gasteiger partial charge >= 0.3 is 12.7 Å². The molecular weight excluding hydrogens is 314 g/mol. The molecule has 22 heavy (non-hydrogen) atoms. The van der Waals surface area contributed by atoms with Crippen LogP contribution in [0.4, 0.5) is 26.3 Å². The fourth-order valence-electron chi connectivity index (χ4n) is 1.27. The molecule has 0 aliphatic heterocycles. The lowest BCUT2D eigenvalue weighted by molar-refractivity contribution is -0.276. The molecule has 1 rings (SSSR count). The molecule has 0 heterocycles. The number of halogens is 6. The zero-order chi connectivity index (χ0) is 17.0. The minimum Gasteiger partial charge on any atom is -0.406 e. The van der Waals surface area contributed by atoms with Gasteiger partial charge in [-0.1, -0.05) is 17.9 Å². The highest BCUT2D eigenvalue weighted by atomic mass is 19.4. The molecule has 0 unspecified atom stereocenters. The van der Waals surface area contributed by atoms with Gasteiger partial charge in [0, 0.05) is 11.6 Å². The second-order valence-electron chi connectivity index (χ2n) is 4.01. The van der Waals surface area contributed by atoms with Crippen LogP contribution in [0.1, 0.15) is 19.4 Å². The standard InChI is InChI=1S/C14H10F6O2/c1-3-9(2)4-5-10-6-11(21-13(15,16)17)8-12(7-10)22-14(18,19)20/h3,6-8H,1-2H3/b9-3+. The number of hydrogen-bond acceptors (Lipinski definition) is 2. The van der Waals surface area contributed by atoms with Crippen LogP contribution in [0.15, 0.2) is 29.8 Å². The van der Waals surface area contributed by atoms with Gasteiger partial charge in [-0.25, -0.2) is 0 Å². The Morgan fingerprint density at radius 1 is 0.955 bits per heavy atom. The largest absolute Gasteiger partial charge is 0.573 e. The first-order valence-electron chi connectivity index (χ1n) is 5.80. The van der Waals surface area contributed by atoms with Crippen molar-refractivity contribution in [3.63, 3.8) is 0 Å². The SMILES string of the molecule is C/C=C(\C)C#Cc1cc(OC(F)(F)F)cc(OC(F)(F)F)c1. The first kappa shape index (κ1) is 17.8. The summed E-state index contributed by atoms with van der Waals surface area (Å²) in [6.45, 7) is 3.32. The summed E-state index contributed by atoms with van der Waals surface area (Å²) < 4.78 is 80.3. The van der Waals surface area contributed by atoms with Crippen LogP contribution in [0.5, 0.6) is 11.5 Å². The number of benzene rings is 1. The van der Waals surface area contributed by atoms with Crippen molar-refractivity contribution in [2.45, 2.75) is 26.6 Å². The molecular formula is C14H10F6O2. The Morgan fingerprint density at radius 3 is 1.77 bits per heavy atom. The summed E-state index contributed by atoms with van der Waals surface area (Å²) in [5, 5.41) is 0. The van der Waals surface area contributed by atoms with E-state index >= 15 is 0 Å². The van der Waals surface area contributed by atoms with Gasteiger partial charge in [-0.15, -0.1) is 26.3 Å². The van der Waals surface area contributed by atoms with Gasteiger partial charge in [0.1, 0.15) is 11.5 Å². The molecule has 0 saturated heterocycles. The number of ether oxygens (including phenoxy) is 2. The predicted octanol–water partition coefficient (Wildman–Crippen LogP) is 4.80. The van der Waals surface area contributed by atoms with Gasteiger partial charge < -0.3 is 9.47 Å². The Morgan fingerprint density at radius 2 is 1.41 bits per heavy atom. The van der Waals surface area contributed by atoms with Crippen molar-refractivity contribution in [1.29, 1.82) is 0 Å². The lowest BCUT2D eigenvalue weighted by atomic mass is 10.2.